The van der Waals surface area contributed by atoms with Crippen LogP contribution in [0.4, 0.5) is 0 Å². The molecule has 0 aliphatic rings. The van der Waals surface area contributed by atoms with Gasteiger partial charge in [0.05, 0.1) is 12.6 Å². The number of fused-ring (bicyclic) bond motifs is 2. The minimum atomic E-state index is -1.47. The Morgan fingerprint density at radius 1 is 0.756 bits per heavy atom. The van der Waals surface area contributed by atoms with Crippen LogP contribution in [0.25, 0.3) is 21.8 Å². The Morgan fingerprint density at radius 2 is 1.24 bits per heavy atom. The number of para-hydroxylation sites is 2. The van der Waals surface area contributed by atoms with E-state index in [2.05, 4.69) is 38.5 Å². The number of hydrogen-bond acceptors (Lipinski definition) is 7. The highest BCUT2D eigenvalue weighted by Gasteiger charge is 2.30. The maximum Gasteiger partial charge on any atom is 0.327 e. The van der Waals surface area contributed by atoms with Gasteiger partial charge in [-0.25, -0.2) is 4.79 Å². The number of benzene rings is 2. The molecule has 0 fully saturated rings. The van der Waals surface area contributed by atoms with Crippen molar-refractivity contribution in [3.63, 3.8) is 0 Å². The molecular formula is C28H32N6O6S. The lowest BCUT2D eigenvalue weighted by atomic mass is 10.0. The molecule has 2 heterocycles. The summed E-state index contributed by atoms with van der Waals surface area (Å²) in [5.41, 5.74) is 9.57. The molecule has 4 aromatic rings. The zero-order valence-electron chi connectivity index (χ0n) is 22.0. The van der Waals surface area contributed by atoms with Crippen LogP contribution in [0.3, 0.4) is 0 Å². The number of aliphatic hydroxyl groups excluding tert-OH is 1. The summed E-state index contributed by atoms with van der Waals surface area (Å²) < 4.78 is 0. The van der Waals surface area contributed by atoms with E-state index in [9.17, 15) is 29.4 Å². The fourth-order valence-electron chi connectivity index (χ4n) is 4.56. The normalized spacial score (nSPS) is 14.2. The predicted molar refractivity (Wildman–Crippen MR) is 156 cm³/mol. The molecule has 216 valence electrons. The lowest BCUT2D eigenvalue weighted by Gasteiger charge is -2.24. The van der Waals surface area contributed by atoms with Crippen molar-refractivity contribution >= 4 is 58.1 Å². The third kappa shape index (κ3) is 7.06. The molecule has 0 spiro atoms. The standard InChI is InChI=1S/C28H32N6O6S/c29-19(9-15-11-30-20-7-3-1-5-17(15)20)25(36)32-22(10-16-12-31-21-8-4-2-6-18(16)21)26(37)33-23(13-35)27(38)34-24(14-41)28(39)40/h1-8,11-12,19,22-24,30-31,35,41H,9-10,13-14,29H2,(H,32,36)(H,33,37)(H,34,38)(H,39,40). The number of nitrogens with two attached hydrogens (primary N) is 1. The average Bonchev–Trinajstić information content (AvgIpc) is 3.57. The number of aromatic nitrogens is 2. The van der Waals surface area contributed by atoms with E-state index in [1.165, 1.54) is 0 Å². The summed E-state index contributed by atoms with van der Waals surface area (Å²) in [4.78, 5) is 56.8. The fraction of sp³-hybridized carbons (Fsp3) is 0.286. The Morgan fingerprint density at radius 3 is 1.78 bits per heavy atom. The maximum atomic E-state index is 13.4. The predicted octanol–water partition coefficient (Wildman–Crippen LogP) is 0.223. The number of nitrogens with one attached hydrogen (secondary N) is 5. The van der Waals surface area contributed by atoms with Gasteiger partial charge in [0.2, 0.25) is 17.7 Å². The SMILES string of the molecule is NC(Cc1c[nH]c2ccccc12)C(=O)NC(Cc1c[nH]c2ccccc12)C(=O)NC(CO)C(=O)NC(CS)C(=O)O. The Balaban J connectivity index is 1.52. The van der Waals surface area contributed by atoms with Crippen molar-refractivity contribution in [3.05, 3.63) is 72.1 Å². The number of carboxylic acid groups (broad SMARTS) is 1. The second-order valence-corrected chi connectivity index (χ2v) is 9.99. The van der Waals surface area contributed by atoms with Gasteiger partial charge in [-0.1, -0.05) is 36.4 Å². The molecule has 9 N–H and O–H groups in total. The first kappa shape index (κ1) is 29.6. The number of aliphatic carboxylic acids is 1. The van der Waals surface area contributed by atoms with Gasteiger partial charge in [0.15, 0.2) is 0 Å². The van der Waals surface area contributed by atoms with Crippen molar-refractivity contribution in [1.29, 1.82) is 0 Å². The molecule has 2 aromatic heterocycles. The van der Waals surface area contributed by atoms with Crippen LogP contribution in [0.2, 0.25) is 0 Å². The fourth-order valence-corrected chi connectivity index (χ4v) is 4.81. The van der Waals surface area contributed by atoms with Crippen molar-refractivity contribution in [1.82, 2.24) is 25.9 Å². The highest BCUT2D eigenvalue weighted by molar-refractivity contribution is 7.80. The van der Waals surface area contributed by atoms with Gasteiger partial charge >= 0.3 is 5.97 Å². The van der Waals surface area contributed by atoms with Gasteiger partial charge in [-0.2, -0.15) is 12.6 Å². The van der Waals surface area contributed by atoms with Crippen LogP contribution in [0.1, 0.15) is 11.1 Å². The van der Waals surface area contributed by atoms with Gasteiger partial charge < -0.3 is 41.9 Å². The van der Waals surface area contributed by atoms with Crippen LogP contribution in [-0.4, -0.2) is 80.4 Å². The molecule has 41 heavy (non-hydrogen) atoms. The third-order valence-corrected chi connectivity index (χ3v) is 7.16. The monoisotopic (exact) mass is 580 g/mol. The van der Waals surface area contributed by atoms with Crippen molar-refractivity contribution < 1.29 is 29.4 Å². The number of carbonyl (C=O) groups is 4. The van der Waals surface area contributed by atoms with Crippen molar-refractivity contribution in [2.24, 2.45) is 5.73 Å². The Kier molecular flexibility index (Phi) is 9.65. The minimum Gasteiger partial charge on any atom is -0.480 e. The first-order chi connectivity index (χ1) is 19.7. The molecule has 0 radical (unpaired) electrons. The first-order valence-electron chi connectivity index (χ1n) is 12.9. The molecule has 4 unspecified atom stereocenters. The summed E-state index contributed by atoms with van der Waals surface area (Å²) in [6.07, 6.45) is 3.77. The van der Waals surface area contributed by atoms with Crippen molar-refractivity contribution in [3.8, 4) is 0 Å². The summed E-state index contributed by atoms with van der Waals surface area (Å²) >= 11 is 3.91. The summed E-state index contributed by atoms with van der Waals surface area (Å²) in [6.45, 7) is -0.801. The Bertz CT molecular complexity index is 1550. The van der Waals surface area contributed by atoms with Crippen LogP contribution in [0.15, 0.2) is 60.9 Å². The van der Waals surface area contributed by atoms with E-state index < -0.39 is 54.5 Å². The molecule has 0 aliphatic heterocycles. The van der Waals surface area contributed by atoms with Crippen LogP contribution in [0.5, 0.6) is 0 Å². The number of aromatic amines is 2. The number of rotatable bonds is 13. The van der Waals surface area contributed by atoms with Gasteiger partial charge in [0, 0.05) is 46.4 Å². The van der Waals surface area contributed by atoms with Crippen LogP contribution >= 0.6 is 12.6 Å². The molecule has 0 saturated carbocycles. The zero-order valence-corrected chi connectivity index (χ0v) is 22.9. The van der Waals surface area contributed by atoms with Gasteiger partial charge in [0.25, 0.3) is 0 Å². The molecule has 4 atom stereocenters. The molecule has 13 heteroatoms. The molecule has 0 aliphatic carbocycles. The quantitative estimate of drug-likeness (QED) is 0.101. The van der Waals surface area contributed by atoms with Crippen molar-refractivity contribution in [2.45, 2.75) is 37.0 Å². The minimum absolute atomic E-state index is 0.0511. The van der Waals surface area contributed by atoms with E-state index >= 15 is 0 Å². The summed E-state index contributed by atoms with van der Waals surface area (Å²) in [6, 6.07) is 10.1. The number of aliphatic hydroxyl groups is 1. The molecule has 3 amide bonds. The number of amides is 3. The van der Waals surface area contributed by atoms with E-state index in [1.807, 2.05) is 48.5 Å². The van der Waals surface area contributed by atoms with E-state index in [0.717, 1.165) is 32.9 Å². The first-order valence-corrected chi connectivity index (χ1v) is 13.6. The molecular weight excluding hydrogens is 548 g/mol. The number of hydrogen-bond donors (Lipinski definition) is 9. The van der Waals surface area contributed by atoms with E-state index in [-0.39, 0.29) is 18.6 Å². The molecule has 2 aromatic carbocycles. The smallest absolute Gasteiger partial charge is 0.327 e. The highest BCUT2D eigenvalue weighted by Crippen LogP contribution is 2.20. The number of carboxylic acids is 1. The number of carbonyl (C=O) groups excluding carboxylic acids is 3. The van der Waals surface area contributed by atoms with E-state index in [4.69, 9.17) is 5.73 Å². The van der Waals surface area contributed by atoms with E-state index in [0.29, 0.717) is 0 Å². The van der Waals surface area contributed by atoms with Gasteiger partial charge in [0.1, 0.15) is 18.1 Å². The number of thiol groups is 1. The van der Waals surface area contributed by atoms with Crippen LogP contribution in [-0.2, 0) is 32.0 Å². The van der Waals surface area contributed by atoms with Gasteiger partial charge in [-0.05, 0) is 29.7 Å². The average molecular weight is 581 g/mol. The highest BCUT2D eigenvalue weighted by atomic mass is 32.1. The molecule has 0 saturated heterocycles. The lowest BCUT2D eigenvalue weighted by molar-refractivity contribution is -0.142. The molecule has 4 rings (SSSR count). The largest absolute Gasteiger partial charge is 0.480 e. The molecule has 0 bridgehead atoms. The molecule has 12 nitrogen and oxygen atoms in total. The van der Waals surface area contributed by atoms with Crippen LogP contribution in [0, 0.1) is 0 Å². The zero-order chi connectivity index (χ0) is 29.5. The van der Waals surface area contributed by atoms with E-state index in [1.54, 1.807) is 12.4 Å². The topological polar surface area (TPSA) is 202 Å². The maximum absolute atomic E-state index is 13.4. The summed E-state index contributed by atoms with van der Waals surface area (Å²) in [5.74, 6) is -3.75. The summed E-state index contributed by atoms with van der Waals surface area (Å²) in [5, 5.41) is 28.1. The third-order valence-electron chi connectivity index (χ3n) is 6.80. The summed E-state index contributed by atoms with van der Waals surface area (Å²) in [7, 11) is 0. The van der Waals surface area contributed by atoms with Crippen LogP contribution < -0.4 is 21.7 Å². The second kappa shape index (κ2) is 13.4. The Hall–Kier alpha value is -4.33. The van der Waals surface area contributed by atoms with Gasteiger partial charge in [-0.15, -0.1) is 0 Å². The lowest BCUT2D eigenvalue weighted by Crippen LogP contribution is -2.58. The second-order valence-electron chi connectivity index (χ2n) is 9.62. The Labute approximate surface area is 240 Å². The number of H-pyrrole nitrogens is 2. The van der Waals surface area contributed by atoms with Crippen molar-refractivity contribution in [2.75, 3.05) is 12.4 Å². The van der Waals surface area contributed by atoms with Gasteiger partial charge in [-0.3, -0.25) is 14.4 Å².